The number of hydrogen-bond donors (Lipinski definition) is 2. The van der Waals surface area contributed by atoms with Crippen molar-refractivity contribution in [3.05, 3.63) is 84.9 Å². The second-order valence-electron chi connectivity index (χ2n) is 7.58. The van der Waals surface area contributed by atoms with Gasteiger partial charge < -0.3 is 14.9 Å². The highest BCUT2D eigenvalue weighted by atomic mass is 16.6. The number of amides is 1. The lowest BCUT2D eigenvalue weighted by atomic mass is 10.1. The molecule has 0 fully saturated rings. The van der Waals surface area contributed by atoms with Crippen molar-refractivity contribution in [1.29, 1.82) is 0 Å². The highest BCUT2D eigenvalue weighted by Crippen LogP contribution is 2.36. The zero-order valence-electron chi connectivity index (χ0n) is 20.3. The molecule has 0 aliphatic heterocycles. The van der Waals surface area contributed by atoms with Crippen molar-refractivity contribution in [2.24, 2.45) is 0 Å². The molecule has 0 spiro atoms. The molecule has 1 amide bonds. The molecule has 0 heterocycles. The molecule has 0 bridgehead atoms. The number of hydrogen-bond acceptors (Lipinski definition) is 4. The summed E-state index contributed by atoms with van der Waals surface area (Å²) in [5.41, 5.74) is 1.64. The molecule has 4 aromatic carbocycles. The van der Waals surface area contributed by atoms with Crippen molar-refractivity contribution in [2.45, 2.75) is 19.8 Å². The molecular weight excluding hydrogens is 450 g/mol. The van der Waals surface area contributed by atoms with Gasteiger partial charge in [-0.3, -0.25) is 0 Å². The molecule has 4 aromatic rings. The van der Waals surface area contributed by atoms with Crippen LogP contribution in [0.4, 0.5) is 16.2 Å². The van der Waals surface area contributed by atoms with Crippen LogP contribution in [0.3, 0.4) is 0 Å². The maximum absolute atomic E-state index is 12.9. The van der Waals surface area contributed by atoms with Gasteiger partial charge in [0.2, 0.25) is 0 Å². The quantitative estimate of drug-likeness (QED) is 0.342. The van der Waals surface area contributed by atoms with E-state index >= 15 is 0 Å². The average molecular weight is 480 g/mol. The van der Waals surface area contributed by atoms with Gasteiger partial charge in [0.05, 0.1) is 31.2 Å². The number of carbonyl (C=O) groups excluding carboxylic acids is 1. The third-order valence-electron chi connectivity index (χ3n) is 5.18. The summed E-state index contributed by atoms with van der Waals surface area (Å²) >= 11 is 0. The summed E-state index contributed by atoms with van der Waals surface area (Å²) in [5.74, 6) is 10.4. The van der Waals surface area contributed by atoms with Gasteiger partial charge in [-0.1, -0.05) is 84.6 Å². The molecule has 0 saturated heterocycles. The molecule has 5 heteroatoms. The predicted octanol–water partition coefficient (Wildman–Crippen LogP) is 6.05. The lowest BCUT2D eigenvalue weighted by Crippen LogP contribution is -2.27. The van der Waals surface area contributed by atoms with Gasteiger partial charge in [-0.05, 0) is 41.7 Å². The lowest BCUT2D eigenvalue weighted by Gasteiger charge is -2.25. The molecule has 0 atom stereocenters. The van der Waals surface area contributed by atoms with Crippen LogP contribution in [0, 0.1) is 23.7 Å². The molecule has 0 saturated carbocycles. The van der Waals surface area contributed by atoms with Crippen LogP contribution in [0.15, 0.2) is 84.9 Å². The van der Waals surface area contributed by atoms with Crippen LogP contribution < -0.4 is 4.90 Å². The van der Waals surface area contributed by atoms with Gasteiger partial charge >= 0.3 is 6.09 Å². The Kier molecular flexibility index (Phi) is 10.4. The van der Waals surface area contributed by atoms with Gasteiger partial charge in [-0.25, -0.2) is 9.69 Å². The molecule has 182 valence electrons. The molecule has 0 radical (unpaired) electrons. The summed E-state index contributed by atoms with van der Waals surface area (Å²) in [6.07, 6.45) is 0.557. The zero-order valence-corrected chi connectivity index (χ0v) is 20.3. The van der Waals surface area contributed by atoms with Crippen molar-refractivity contribution in [3.8, 4) is 23.7 Å². The van der Waals surface area contributed by atoms with E-state index in [0.717, 1.165) is 32.9 Å². The molecule has 0 aliphatic rings. The number of rotatable bonds is 5. The maximum Gasteiger partial charge on any atom is 0.418 e. The first-order valence-electron chi connectivity index (χ1n) is 11.8. The molecule has 4 rings (SSSR count). The predicted molar refractivity (Wildman–Crippen MR) is 146 cm³/mol. The van der Waals surface area contributed by atoms with E-state index in [-0.39, 0.29) is 19.3 Å². The summed E-state index contributed by atoms with van der Waals surface area (Å²) in [5, 5.41) is 20.7. The third-order valence-corrected chi connectivity index (χ3v) is 5.18. The smallest absolute Gasteiger partial charge is 0.418 e. The highest BCUT2D eigenvalue weighted by molar-refractivity contribution is 6.11. The fourth-order valence-corrected chi connectivity index (χ4v) is 3.65. The Hall–Kier alpha value is -4.29. The van der Waals surface area contributed by atoms with Crippen molar-refractivity contribution < 1.29 is 19.7 Å². The average Bonchev–Trinajstić information content (AvgIpc) is 2.92. The second-order valence-corrected chi connectivity index (χ2v) is 7.58. The van der Waals surface area contributed by atoms with Gasteiger partial charge in [0.25, 0.3) is 0 Å². The van der Waals surface area contributed by atoms with Gasteiger partial charge in [0.15, 0.2) is 0 Å². The number of carbonyl (C=O) groups is 1. The molecule has 5 nitrogen and oxygen atoms in total. The minimum absolute atomic E-state index is 0.0781. The van der Waals surface area contributed by atoms with Crippen molar-refractivity contribution in [3.63, 3.8) is 0 Å². The lowest BCUT2D eigenvalue weighted by molar-refractivity contribution is 0.163. The normalized spacial score (nSPS) is 9.75. The van der Waals surface area contributed by atoms with Crippen LogP contribution in [-0.2, 0) is 4.74 Å². The van der Waals surface area contributed by atoms with Crippen molar-refractivity contribution in [2.75, 3.05) is 24.7 Å². The second kappa shape index (κ2) is 14.2. The summed E-state index contributed by atoms with van der Waals surface area (Å²) in [6.45, 7) is 2.30. The van der Waals surface area contributed by atoms with E-state index < -0.39 is 0 Å². The Morgan fingerprint density at radius 1 is 0.722 bits per heavy atom. The van der Waals surface area contributed by atoms with E-state index in [0.29, 0.717) is 19.4 Å². The number of anilines is 2. The number of nitrogens with zero attached hydrogens (tertiary/aromatic N) is 1. The molecule has 2 N–H and O–H groups in total. The van der Waals surface area contributed by atoms with Crippen LogP contribution in [0.25, 0.3) is 21.5 Å². The summed E-state index contributed by atoms with van der Waals surface area (Å²) < 4.78 is 5.40. The summed E-state index contributed by atoms with van der Waals surface area (Å²) in [6, 6.07) is 28.1. The number of aliphatic hydroxyl groups excluding tert-OH is 2. The van der Waals surface area contributed by atoms with Crippen LogP contribution in [0.1, 0.15) is 19.8 Å². The number of benzene rings is 4. The fourth-order valence-electron chi connectivity index (χ4n) is 3.65. The molecule has 0 aromatic heterocycles. The van der Waals surface area contributed by atoms with E-state index in [2.05, 4.69) is 23.7 Å². The van der Waals surface area contributed by atoms with Crippen molar-refractivity contribution >= 4 is 39.0 Å². The molecule has 0 unspecified atom stereocenters. The number of ether oxygens (including phenoxy) is 1. The first kappa shape index (κ1) is 26.3. The number of aliphatic hydroxyl groups is 2. The van der Waals surface area contributed by atoms with Gasteiger partial charge in [-0.2, -0.15) is 0 Å². The minimum Gasteiger partial charge on any atom is -0.449 e. The largest absolute Gasteiger partial charge is 0.449 e. The van der Waals surface area contributed by atoms with Crippen LogP contribution >= 0.6 is 0 Å². The monoisotopic (exact) mass is 479 g/mol. The molecular formula is C31H29NO4. The van der Waals surface area contributed by atoms with E-state index in [9.17, 15) is 4.79 Å². The molecule has 36 heavy (non-hydrogen) atoms. The molecule has 0 aliphatic carbocycles. The standard InChI is InChI=1S/C23H19NO2.C8H10O2/c1-2-26-23(25)24(21-15-7-11-17-9-3-5-13-19(17)21)22-16-8-12-18-10-4-6-14-20(18)22;9-7-5-3-1-2-4-6-8-10/h3-16H,2H2,1H3;9-10H,5-8H2. The van der Waals surface area contributed by atoms with E-state index in [4.69, 9.17) is 14.9 Å². The van der Waals surface area contributed by atoms with Gasteiger partial charge in [0, 0.05) is 23.6 Å². The van der Waals surface area contributed by atoms with Gasteiger partial charge in [-0.15, -0.1) is 0 Å². The summed E-state index contributed by atoms with van der Waals surface area (Å²) in [7, 11) is 0. The van der Waals surface area contributed by atoms with Crippen LogP contribution in [0.2, 0.25) is 0 Å². The third kappa shape index (κ3) is 6.87. The maximum atomic E-state index is 12.9. The van der Waals surface area contributed by atoms with E-state index in [1.165, 1.54) is 0 Å². The van der Waals surface area contributed by atoms with E-state index in [1.54, 1.807) is 4.90 Å². The Balaban J connectivity index is 0.000000308. The Bertz CT molecular complexity index is 1310. The zero-order chi connectivity index (χ0) is 25.6. The first-order valence-corrected chi connectivity index (χ1v) is 11.8. The van der Waals surface area contributed by atoms with Crippen LogP contribution in [0.5, 0.6) is 0 Å². The Labute approximate surface area is 211 Å². The first-order chi connectivity index (χ1) is 17.7. The fraction of sp³-hybridized carbons (Fsp3) is 0.194. The Morgan fingerprint density at radius 2 is 1.17 bits per heavy atom. The number of fused-ring (bicyclic) bond motifs is 2. The topological polar surface area (TPSA) is 70.0 Å². The summed E-state index contributed by atoms with van der Waals surface area (Å²) in [4.78, 5) is 14.6. The van der Waals surface area contributed by atoms with Gasteiger partial charge in [0.1, 0.15) is 0 Å². The van der Waals surface area contributed by atoms with Crippen LogP contribution in [-0.4, -0.2) is 36.1 Å². The highest BCUT2D eigenvalue weighted by Gasteiger charge is 2.22. The Morgan fingerprint density at radius 3 is 1.61 bits per heavy atom. The SMILES string of the molecule is CCOC(=O)N(c1cccc2ccccc12)c1cccc2ccccc12.OCCC#CC#CCCO. The minimum atomic E-state index is -0.375. The van der Waals surface area contributed by atoms with Crippen molar-refractivity contribution in [1.82, 2.24) is 0 Å². The van der Waals surface area contributed by atoms with E-state index in [1.807, 2.05) is 91.9 Å².